The number of hydrogen-bond acceptors (Lipinski definition) is 3. The third-order valence-corrected chi connectivity index (χ3v) is 6.02. The minimum absolute atomic E-state index is 0.0154. The molecule has 0 spiro atoms. The SMILES string of the molecule is Cc1cc(S(=O)(=O)NC2CCCC(C)(C)C2)cc(N)c1C. The smallest absolute Gasteiger partial charge is 0.240 e. The van der Waals surface area contributed by atoms with Gasteiger partial charge in [-0.1, -0.05) is 20.3 Å². The summed E-state index contributed by atoms with van der Waals surface area (Å²) in [6.07, 6.45) is 4.01. The Hall–Kier alpha value is -1.07. The molecule has 0 saturated heterocycles. The average molecular weight is 310 g/mol. The normalized spacial score (nSPS) is 22.2. The Balaban J connectivity index is 2.23. The lowest BCUT2D eigenvalue weighted by Crippen LogP contribution is -2.40. The summed E-state index contributed by atoms with van der Waals surface area (Å²) in [7, 11) is -3.50. The Morgan fingerprint density at radius 2 is 1.95 bits per heavy atom. The molecule has 1 atom stereocenters. The number of sulfonamides is 1. The standard InChI is InChI=1S/C16H26N2O2S/c1-11-8-14(9-15(17)12(11)2)21(19,20)18-13-6-5-7-16(3,4)10-13/h8-9,13,18H,5-7,10,17H2,1-4H3. The first kappa shape index (κ1) is 16.3. The van der Waals surface area contributed by atoms with Crippen molar-refractivity contribution >= 4 is 15.7 Å². The molecule has 4 nitrogen and oxygen atoms in total. The highest BCUT2D eigenvalue weighted by atomic mass is 32.2. The second kappa shape index (κ2) is 5.61. The minimum atomic E-state index is -3.50. The predicted octanol–water partition coefficient (Wildman–Crippen LogP) is 3.13. The van der Waals surface area contributed by atoms with Crippen molar-refractivity contribution in [1.29, 1.82) is 0 Å². The van der Waals surface area contributed by atoms with Gasteiger partial charge in [-0.2, -0.15) is 0 Å². The number of nitrogen functional groups attached to an aromatic ring is 1. The monoisotopic (exact) mass is 310 g/mol. The summed E-state index contributed by atoms with van der Waals surface area (Å²) < 4.78 is 28.0. The highest BCUT2D eigenvalue weighted by molar-refractivity contribution is 7.89. The van der Waals surface area contributed by atoms with Gasteiger partial charge in [0, 0.05) is 11.7 Å². The topological polar surface area (TPSA) is 72.2 Å². The van der Waals surface area contributed by atoms with E-state index in [2.05, 4.69) is 18.6 Å². The number of nitrogens with one attached hydrogen (secondary N) is 1. The average Bonchev–Trinajstić information content (AvgIpc) is 2.33. The van der Waals surface area contributed by atoms with Crippen LogP contribution in [0.15, 0.2) is 17.0 Å². The molecule has 0 radical (unpaired) electrons. The van der Waals surface area contributed by atoms with Gasteiger partial charge in [-0.15, -0.1) is 0 Å². The molecule has 0 amide bonds. The van der Waals surface area contributed by atoms with Crippen LogP contribution in [0.2, 0.25) is 0 Å². The number of anilines is 1. The molecule has 3 N–H and O–H groups in total. The lowest BCUT2D eigenvalue weighted by Gasteiger charge is -2.35. The molecule has 0 bridgehead atoms. The van der Waals surface area contributed by atoms with Crippen LogP contribution in [0.3, 0.4) is 0 Å². The molecular formula is C16H26N2O2S. The van der Waals surface area contributed by atoms with Crippen LogP contribution in [0.1, 0.15) is 50.7 Å². The Labute approximate surface area is 128 Å². The molecule has 1 fully saturated rings. The van der Waals surface area contributed by atoms with Gasteiger partial charge in [0.2, 0.25) is 10.0 Å². The quantitative estimate of drug-likeness (QED) is 0.842. The summed E-state index contributed by atoms with van der Waals surface area (Å²) in [4.78, 5) is 0.270. The van der Waals surface area contributed by atoms with Crippen LogP contribution < -0.4 is 10.5 Å². The van der Waals surface area contributed by atoms with Crippen molar-refractivity contribution in [3.05, 3.63) is 23.3 Å². The van der Waals surface area contributed by atoms with E-state index >= 15 is 0 Å². The largest absolute Gasteiger partial charge is 0.398 e. The van der Waals surface area contributed by atoms with E-state index in [1.807, 2.05) is 13.8 Å². The summed E-state index contributed by atoms with van der Waals surface area (Å²) in [5.74, 6) is 0. The van der Waals surface area contributed by atoms with Crippen molar-refractivity contribution in [1.82, 2.24) is 4.72 Å². The van der Waals surface area contributed by atoms with Crippen molar-refractivity contribution in [3.8, 4) is 0 Å². The minimum Gasteiger partial charge on any atom is -0.398 e. The maximum atomic E-state index is 12.6. The first-order chi connectivity index (χ1) is 9.61. The molecule has 1 aliphatic carbocycles. The lowest BCUT2D eigenvalue weighted by molar-refractivity contribution is 0.212. The summed E-state index contributed by atoms with van der Waals surface area (Å²) in [6.45, 7) is 8.18. The van der Waals surface area contributed by atoms with Crippen LogP contribution in [0.25, 0.3) is 0 Å². The van der Waals surface area contributed by atoms with Gasteiger partial charge in [0.25, 0.3) is 0 Å². The number of rotatable bonds is 3. The summed E-state index contributed by atoms with van der Waals surface area (Å²) >= 11 is 0. The van der Waals surface area contributed by atoms with Gasteiger partial charge in [0.05, 0.1) is 4.90 Å². The molecule has 1 unspecified atom stereocenters. The summed E-state index contributed by atoms with van der Waals surface area (Å²) in [5, 5.41) is 0. The molecule has 5 heteroatoms. The first-order valence-corrected chi connectivity index (χ1v) is 8.98. The van der Waals surface area contributed by atoms with Crippen LogP contribution in [0, 0.1) is 19.3 Å². The Bertz CT molecular complexity index is 613. The van der Waals surface area contributed by atoms with Crippen molar-refractivity contribution in [2.24, 2.45) is 5.41 Å². The zero-order chi connectivity index (χ0) is 15.8. The maximum Gasteiger partial charge on any atom is 0.240 e. The third-order valence-electron chi connectivity index (χ3n) is 4.52. The van der Waals surface area contributed by atoms with Crippen LogP contribution >= 0.6 is 0 Å². The molecule has 21 heavy (non-hydrogen) atoms. The molecular weight excluding hydrogens is 284 g/mol. The van der Waals surface area contributed by atoms with Crippen LogP contribution in [-0.2, 0) is 10.0 Å². The van der Waals surface area contributed by atoms with Crippen molar-refractivity contribution < 1.29 is 8.42 Å². The zero-order valence-electron chi connectivity index (χ0n) is 13.4. The molecule has 0 aliphatic heterocycles. The summed E-state index contributed by atoms with van der Waals surface area (Å²) in [6, 6.07) is 3.27. The molecule has 0 heterocycles. The van der Waals surface area contributed by atoms with Crippen molar-refractivity contribution in [2.45, 2.75) is 64.3 Å². The highest BCUT2D eigenvalue weighted by Crippen LogP contribution is 2.35. The lowest BCUT2D eigenvalue weighted by atomic mass is 9.75. The van der Waals surface area contributed by atoms with E-state index in [-0.39, 0.29) is 16.4 Å². The second-order valence-electron chi connectivity index (χ2n) is 7.03. The van der Waals surface area contributed by atoms with Gasteiger partial charge in [-0.3, -0.25) is 0 Å². The maximum absolute atomic E-state index is 12.6. The van der Waals surface area contributed by atoms with E-state index in [0.29, 0.717) is 5.69 Å². The van der Waals surface area contributed by atoms with E-state index in [1.54, 1.807) is 12.1 Å². The van der Waals surface area contributed by atoms with Gasteiger partial charge in [0.1, 0.15) is 0 Å². The van der Waals surface area contributed by atoms with E-state index in [9.17, 15) is 8.42 Å². The van der Waals surface area contributed by atoms with Crippen molar-refractivity contribution in [2.75, 3.05) is 5.73 Å². The Morgan fingerprint density at radius 3 is 2.52 bits per heavy atom. The van der Waals surface area contributed by atoms with Gasteiger partial charge in [0.15, 0.2) is 0 Å². The third kappa shape index (κ3) is 3.77. The molecule has 1 aromatic carbocycles. The molecule has 1 aromatic rings. The van der Waals surface area contributed by atoms with Crippen molar-refractivity contribution in [3.63, 3.8) is 0 Å². The number of benzene rings is 1. The zero-order valence-corrected chi connectivity index (χ0v) is 14.2. The molecule has 1 saturated carbocycles. The first-order valence-electron chi connectivity index (χ1n) is 7.50. The molecule has 1 aliphatic rings. The predicted molar refractivity (Wildman–Crippen MR) is 86.7 cm³/mol. The molecule has 0 aromatic heterocycles. The van der Waals surface area contributed by atoms with Gasteiger partial charge >= 0.3 is 0 Å². The van der Waals surface area contributed by atoms with E-state index in [1.165, 1.54) is 0 Å². The van der Waals surface area contributed by atoms with Crippen LogP contribution in [-0.4, -0.2) is 14.5 Å². The number of hydrogen-bond donors (Lipinski definition) is 2. The van der Waals surface area contributed by atoms with Crippen LogP contribution in [0.5, 0.6) is 0 Å². The fourth-order valence-corrected chi connectivity index (χ4v) is 4.48. The number of nitrogens with two attached hydrogens (primary N) is 1. The Kier molecular flexibility index (Phi) is 4.36. The van der Waals surface area contributed by atoms with E-state index in [0.717, 1.165) is 36.8 Å². The fraction of sp³-hybridized carbons (Fsp3) is 0.625. The van der Waals surface area contributed by atoms with Gasteiger partial charge in [-0.05, 0) is 61.8 Å². The summed E-state index contributed by atoms with van der Waals surface area (Å²) in [5.41, 5.74) is 8.47. The van der Waals surface area contributed by atoms with E-state index < -0.39 is 10.0 Å². The Morgan fingerprint density at radius 1 is 1.29 bits per heavy atom. The van der Waals surface area contributed by atoms with Gasteiger partial charge < -0.3 is 5.73 Å². The molecule has 118 valence electrons. The fourth-order valence-electron chi connectivity index (χ4n) is 3.09. The second-order valence-corrected chi connectivity index (χ2v) is 8.75. The van der Waals surface area contributed by atoms with Crippen LogP contribution in [0.4, 0.5) is 5.69 Å². The highest BCUT2D eigenvalue weighted by Gasteiger charge is 2.31. The molecule has 2 rings (SSSR count). The van der Waals surface area contributed by atoms with E-state index in [4.69, 9.17) is 5.73 Å². The van der Waals surface area contributed by atoms with Gasteiger partial charge in [-0.25, -0.2) is 13.1 Å². The number of aryl methyl sites for hydroxylation is 1.